The van der Waals surface area contributed by atoms with Gasteiger partial charge in [0.1, 0.15) is 6.54 Å². The summed E-state index contributed by atoms with van der Waals surface area (Å²) >= 11 is 0. The average molecular weight is 405 g/mol. The highest BCUT2D eigenvalue weighted by molar-refractivity contribution is 5.82. The van der Waals surface area contributed by atoms with Crippen molar-refractivity contribution in [2.45, 2.75) is 25.7 Å². The summed E-state index contributed by atoms with van der Waals surface area (Å²) in [4.78, 5) is 27.6. The number of nitrogens with one attached hydrogen (secondary N) is 1. The molecule has 3 aromatic rings. The second-order valence-corrected chi connectivity index (χ2v) is 6.37. The van der Waals surface area contributed by atoms with E-state index in [9.17, 15) is 22.8 Å². The zero-order valence-corrected chi connectivity index (χ0v) is 15.4. The van der Waals surface area contributed by atoms with Gasteiger partial charge in [-0.3, -0.25) is 9.59 Å². The van der Waals surface area contributed by atoms with Crippen LogP contribution in [0.1, 0.15) is 24.4 Å². The molecule has 0 aliphatic rings. The normalized spacial score (nSPS) is 12.6. The SMILES string of the molecule is C[C@@H](NC(=O)COC(=O)Cn1c(C(F)(F)F)nc2ccccc21)c1ccccc1. The van der Waals surface area contributed by atoms with Crippen LogP contribution in [0.15, 0.2) is 54.6 Å². The molecule has 0 fully saturated rings. The van der Waals surface area contributed by atoms with E-state index < -0.39 is 37.0 Å². The summed E-state index contributed by atoms with van der Waals surface area (Å²) in [5.41, 5.74) is 1.13. The summed E-state index contributed by atoms with van der Waals surface area (Å²) in [7, 11) is 0. The molecule has 1 amide bonds. The minimum Gasteiger partial charge on any atom is -0.454 e. The van der Waals surface area contributed by atoms with Crippen LogP contribution in [0, 0.1) is 0 Å². The standard InChI is InChI=1S/C20H18F3N3O3/c1-13(14-7-3-2-4-8-14)24-17(27)12-29-18(28)11-26-16-10-6-5-9-15(16)25-19(26)20(21,22)23/h2-10,13H,11-12H2,1H3,(H,24,27)/t13-/m1/s1. The van der Waals surface area contributed by atoms with Crippen molar-refractivity contribution in [1.29, 1.82) is 0 Å². The van der Waals surface area contributed by atoms with Crippen molar-refractivity contribution in [3.05, 3.63) is 66.0 Å². The zero-order valence-electron chi connectivity index (χ0n) is 15.4. The monoisotopic (exact) mass is 405 g/mol. The maximum absolute atomic E-state index is 13.3. The number of alkyl halides is 3. The summed E-state index contributed by atoms with van der Waals surface area (Å²) < 4.78 is 45.4. The largest absolute Gasteiger partial charge is 0.454 e. The van der Waals surface area contributed by atoms with E-state index in [1.165, 1.54) is 12.1 Å². The van der Waals surface area contributed by atoms with Gasteiger partial charge in [0.15, 0.2) is 6.61 Å². The van der Waals surface area contributed by atoms with Crippen LogP contribution in [0.5, 0.6) is 0 Å². The van der Waals surface area contributed by atoms with Gasteiger partial charge in [0.2, 0.25) is 5.82 Å². The van der Waals surface area contributed by atoms with Crippen molar-refractivity contribution < 1.29 is 27.5 Å². The molecule has 0 aliphatic carbocycles. The number of nitrogens with zero attached hydrogens (tertiary/aromatic N) is 2. The third-order valence-electron chi connectivity index (χ3n) is 4.24. The van der Waals surface area contributed by atoms with Gasteiger partial charge in [0, 0.05) is 0 Å². The van der Waals surface area contributed by atoms with Gasteiger partial charge >= 0.3 is 12.1 Å². The maximum atomic E-state index is 13.3. The summed E-state index contributed by atoms with van der Waals surface area (Å²) in [6.07, 6.45) is -4.73. The Morgan fingerprint density at radius 1 is 1.10 bits per heavy atom. The Labute approximate surface area is 164 Å². The zero-order chi connectivity index (χ0) is 21.0. The Hall–Kier alpha value is -3.36. The van der Waals surface area contributed by atoms with Crippen LogP contribution >= 0.6 is 0 Å². The molecule has 0 aliphatic heterocycles. The van der Waals surface area contributed by atoms with Crippen LogP contribution in [-0.4, -0.2) is 28.0 Å². The molecule has 9 heteroatoms. The molecule has 0 saturated carbocycles. The number of imidazole rings is 1. The van der Waals surface area contributed by atoms with E-state index in [1.54, 1.807) is 19.1 Å². The van der Waals surface area contributed by atoms with Crippen molar-refractivity contribution in [2.75, 3.05) is 6.61 Å². The lowest BCUT2D eigenvalue weighted by Crippen LogP contribution is -2.32. The minimum atomic E-state index is -4.73. The first-order valence-electron chi connectivity index (χ1n) is 8.78. The topological polar surface area (TPSA) is 73.2 Å². The van der Waals surface area contributed by atoms with Crippen molar-refractivity contribution in [1.82, 2.24) is 14.9 Å². The summed E-state index contributed by atoms with van der Waals surface area (Å²) in [5.74, 6) is -2.72. The molecule has 1 heterocycles. The lowest BCUT2D eigenvalue weighted by atomic mass is 10.1. The molecule has 1 N–H and O–H groups in total. The molecule has 152 valence electrons. The predicted octanol–water partition coefficient (Wildman–Crippen LogP) is 3.48. The Balaban J connectivity index is 1.63. The molecule has 3 rings (SSSR count). The molecule has 6 nitrogen and oxygen atoms in total. The van der Waals surface area contributed by atoms with Crippen molar-refractivity contribution >= 4 is 22.9 Å². The molecular formula is C20H18F3N3O3. The van der Waals surface area contributed by atoms with Gasteiger partial charge in [-0.05, 0) is 24.6 Å². The average Bonchev–Trinajstić information content (AvgIpc) is 3.06. The number of hydrogen-bond donors (Lipinski definition) is 1. The molecule has 0 spiro atoms. The van der Waals surface area contributed by atoms with Crippen LogP contribution in [0.2, 0.25) is 0 Å². The van der Waals surface area contributed by atoms with Gasteiger partial charge in [0.05, 0.1) is 17.1 Å². The van der Waals surface area contributed by atoms with Crippen molar-refractivity contribution in [2.24, 2.45) is 0 Å². The Morgan fingerprint density at radius 2 is 1.76 bits per heavy atom. The van der Waals surface area contributed by atoms with Gasteiger partial charge in [-0.2, -0.15) is 13.2 Å². The minimum absolute atomic E-state index is 0.113. The highest BCUT2D eigenvalue weighted by Crippen LogP contribution is 2.31. The van der Waals surface area contributed by atoms with Crippen molar-refractivity contribution in [3.63, 3.8) is 0 Å². The van der Waals surface area contributed by atoms with E-state index in [1.807, 2.05) is 30.3 Å². The molecule has 0 bridgehead atoms. The molecule has 1 aromatic heterocycles. The fourth-order valence-corrected chi connectivity index (χ4v) is 2.88. The fourth-order valence-electron chi connectivity index (χ4n) is 2.88. The van der Waals surface area contributed by atoms with E-state index in [4.69, 9.17) is 4.74 Å². The maximum Gasteiger partial charge on any atom is 0.449 e. The first-order chi connectivity index (χ1) is 13.8. The fraction of sp³-hybridized carbons (Fsp3) is 0.250. The van der Waals surface area contributed by atoms with Crippen LogP contribution in [-0.2, 0) is 27.0 Å². The van der Waals surface area contributed by atoms with E-state index >= 15 is 0 Å². The number of benzene rings is 2. The van der Waals surface area contributed by atoms with Crippen LogP contribution < -0.4 is 5.32 Å². The summed E-state index contributed by atoms with van der Waals surface area (Å²) in [6, 6.07) is 14.8. The third kappa shape index (κ3) is 4.92. The molecule has 29 heavy (non-hydrogen) atoms. The second kappa shape index (κ2) is 8.34. The van der Waals surface area contributed by atoms with Crippen LogP contribution in [0.3, 0.4) is 0 Å². The number of esters is 1. The quantitative estimate of drug-likeness (QED) is 0.638. The van der Waals surface area contributed by atoms with E-state index in [0.29, 0.717) is 0 Å². The van der Waals surface area contributed by atoms with E-state index in [2.05, 4.69) is 10.3 Å². The number of rotatable bonds is 6. The smallest absolute Gasteiger partial charge is 0.449 e. The number of fused-ring (bicyclic) bond motifs is 1. The molecule has 1 atom stereocenters. The highest BCUT2D eigenvalue weighted by Gasteiger charge is 2.38. The number of aromatic nitrogens is 2. The number of halogens is 3. The number of ether oxygens (including phenoxy) is 1. The first kappa shape index (κ1) is 20.4. The van der Waals surface area contributed by atoms with Gasteiger partial charge < -0.3 is 14.6 Å². The highest BCUT2D eigenvalue weighted by atomic mass is 19.4. The Kier molecular flexibility index (Phi) is 5.86. The van der Waals surface area contributed by atoms with Gasteiger partial charge in [-0.1, -0.05) is 42.5 Å². The summed E-state index contributed by atoms with van der Waals surface area (Å²) in [5, 5.41) is 2.66. The Morgan fingerprint density at radius 3 is 2.45 bits per heavy atom. The van der Waals surface area contributed by atoms with Crippen LogP contribution in [0.25, 0.3) is 11.0 Å². The van der Waals surface area contributed by atoms with E-state index in [-0.39, 0.29) is 17.1 Å². The Bertz CT molecular complexity index is 1020. The third-order valence-corrected chi connectivity index (χ3v) is 4.24. The molecule has 0 saturated heterocycles. The number of carbonyl (C=O) groups excluding carboxylic acids is 2. The second-order valence-electron chi connectivity index (χ2n) is 6.37. The van der Waals surface area contributed by atoms with Gasteiger partial charge in [0.25, 0.3) is 5.91 Å². The lowest BCUT2D eigenvalue weighted by Gasteiger charge is -2.15. The number of carbonyl (C=O) groups is 2. The lowest BCUT2D eigenvalue weighted by molar-refractivity contribution is -0.153. The predicted molar refractivity (Wildman–Crippen MR) is 98.7 cm³/mol. The molecular weight excluding hydrogens is 387 g/mol. The van der Waals surface area contributed by atoms with E-state index in [0.717, 1.165) is 10.1 Å². The molecule has 2 aromatic carbocycles. The van der Waals surface area contributed by atoms with Crippen LogP contribution in [0.4, 0.5) is 13.2 Å². The number of para-hydroxylation sites is 2. The number of hydrogen-bond acceptors (Lipinski definition) is 4. The van der Waals surface area contributed by atoms with Gasteiger partial charge in [-0.15, -0.1) is 0 Å². The molecule has 0 unspecified atom stereocenters. The number of amides is 1. The van der Waals surface area contributed by atoms with Crippen molar-refractivity contribution in [3.8, 4) is 0 Å². The first-order valence-corrected chi connectivity index (χ1v) is 8.78. The molecule has 0 radical (unpaired) electrons. The van der Waals surface area contributed by atoms with Gasteiger partial charge in [-0.25, -0.2) is 4.98 Å². The summed E-state index contributed by atoms with van der Waals surface area (Å²) in [6.45, 7) is 0.461.